The van der Waals surface area contributed by atoms with Gasteiger partial charge in [-0.2, -0.15) is 5.10 Å². The Labute approximate surface area is 203 Å². The van der Waals surface area contributed by atoms with E-state index in [1.807, 2.05) is 17.9 Å². The first kappa shape index (κ1) is 25.5. The molecule has 0 spiro atoms. The number of hydrogen-bond donors (Lipinski definition) is 1. The number of aliphatic imine (C=N–C) groups is 1. The Morgan fingerprint density at radius 3 is 2.65 bits per heavy atom. The molecular weight excluding hydrogens is 503 g/mol. The quantitative estimate of drug-likeness (QED) is 0.331. The molecule has 0 radical (unpaired) electrons. The number of benzene rings is 1. The molecule has 7 nitrogen and oxygen atoms in total. The van der Waals surface area contributed by atoms with Gasteiger partial charge in [0.2, 0.25) is 0 Å². The second-order valence-electron chi connectivity index (χ2n) is 8.17. The SMILES string of the molecule is CCNC(=NCC1CCCN(C)C1c1ccc(OC)cc1)N(C)Cc1cnn(C)c1.I. The van der Waals surface area contributed by atoms with Gasteiger partial charge >= 0.3 is 0 Å². The topological polar surface area (TPSA) is 57.9 Å². The van der Waals surface area contributed by atoms with E-state index in [0.717, 1.165) is 37.9 Å². The van der Waals surface area contributed by atoms with Crippen molar-refractivity contribution in [2.75, 3.05) is 40.8 Å². The Kier molecular flexibility index (Phi) is 10.1. The number of nitrogens with one attached hydrogen (secondary N) is 1. The predicted octanol–water partition coefficient (Wildman–Crippen LogP) is 3.53. The third kappa shape index (κ3) is 6.83. The van der Waals surface area contributed by atoms with Crippen LogP contribution in [0.1, 0.15) is 36.9 Å². The number of hydrogen-bond acceptors (Lipinski definition) is 4. The average Bonchev–Trinajstić information content (AvgIpc) is 3.15. The Hall–Kier alpha value is -1.81. The Morgan fingerprint density at radius 2 is 2.03 bits per heavy atom. The molecule has 2 unspecified atom stereocenters. The maximum atomic E-state index is 5.34. The normalized spacial score (nSPS) is 19.6. The van der Waals surface area contributed by atoms with Crippen LogP contribution in [-0.4, -0.2) is 66.4 Å². The van der Waals surface area contributed by atoms with E-state index in [1.54, 1.807) is 7.11 Å². The van der Waals surface area contributed by atoms with Gasteiger partial charge in [-0.15, -0.1) is 24.0 Å². The fourth-order valence-electron chi connectivity index (χ4n) is 4.35. The second-order valence-corrected chi connectivity index (χ2v) is 8.17. The van der Waals surface area contributed by atoms with Crippen molar-refractivity contribution in [3.05, 3.63) is 47.8 Å². The number of halogens is 1. The molecule has 0 bridgehead atoms. The standard InChI is InChI=1S/C23H36N6O.HI/c1-6-24-23(28(3)16-18-14-26-29(4)17-18)25-15-20-8-7-13-27(2)22(20)19-9-11-21(30-5)12-10-19;/h9-12,14,17,20,22H,6-8,13,15-16H2,1-5H3,(H,24,25);1H. The summed E-state index contributed by atoms with van der Waals surface area (Å²) in [5.74, 6) is 2.33. The largest absolute Gasteiger partial charge is 0.497 e. The highest BCUT2D eigenvalue weighted by molar-refractivity contribution is 14.0. The molecule has 1 aliphatic rings. The number of methoxy groups -OCH3 is 1. The molecule has 3 rings (SSSR count). The zero-order valence-corrected chi connectivity index (χ0v) is 21.7. The Morgan fingerprint density at radius 1 is 1.29 bits per heavy atom. The lowest BCUT2D eigenvalue weighted by Crippen LogP contribution is -2.40. The number of rotatable bonds is 7. The van der Waals surface area contributed by atoms with Crippen LogP contribution in [0.5, 0.6) is 5.75 Å². The minimum Gasteiger partial charge on any atom is -0.497 e. The van der Waals surface area contributed by atoms with Crippen LogP contribution in [0.2, 0.25) is 0 Å². The number of aryl methyl sites for hydroxylation is 1. The highest BCUT2D eigenvalue weighted by Crippen LogP contribution is 2.35. The molecule has 1 aromatic carbocycles. The molecule has 0 amide bonds. The van der Waals surface area contributed by atoms with Crippen molar-refractivity contribution in [3.8, 4) is 5.75 Å². The number of likely N-dealkylation sites (tertiary alicyclic amines) is 1. The van der Waals surface area contributed by atoms with Crippen LogP contribution in [0.15, 0.2) is 41.7 Å². The van der Waals surface area contributed by atoms with Crippen LogP contribution in [0.3, 0.4) is 0 Å². The predicted molar refractivity (Wildman–Crippen MR) is 137 cm³/mol. The van der Waals surface area contributed by atoms with Gasteiger partial charge in [0.15, 0.2) is 5.96 Å². The first-order valence-electron chi connectivity index (χ1n) is 10.8. The third-order valence-corrected chi connectivity index (χ3v) is 5.81. The van der Waals surface area contributed by atoms with E-state index in [4.69, 9.17) is 9.73 Å². The minimum absolute atomic E-state index is 0. The van der Waals surface area contributed by atoms with Crippen molar-refractivity contribution >= 4 is 29.9 Å². The van der Waals surface area contributed by atoms with Crippen molar-refractivity contribution in [2.24, 2.45) is 18.0 Å². The number of guanidine groups is 1. The van der Waals surface area contributed by atoms with Crippen LogP contribution in [0.25, 0.3) is 0 Å². The zero-order valence-electron chi connectivity index (χ0n) is 19.4. The molecule has 2 aromatic rings. The summed E-state index contributed by atoms with van der Waals surface area (Å²) in [5, 5.41) is 7.72. The lowest BCUT2D eigenvalue weighted by atomic mass is 9.85. The summed E-state index contributed by atoms with van der Waals surface area (Å²) in [6.45, 7) is 5.68. The molecule has 1 aromatic heterocycles. The number of ether oxygens (including phenoxy) is 1. The van der Waals surface area contributed by atoms with Gasteiger partial charge in [0.25, 0.3) is 0 Å². The van der Waals surface area contributed by atoms with Crippen molar-refractivity contribution in [1.29, 1.82) is 0 Å². The zero-order chi connectivity index (χ0) is 21.5. The summed E-state index contributed by atoms with van der Waals surface area (Å²) >= 11 is 0. The van der Waals surface area contributed by atoms with Gasteiger partial charge in [-0.3, -0.25) is 14.6 Å². The third-order valence-electron chi connectivity index (χ3n) is 5.81. The number of aromatic nitrogens is 2. The van der Waals surface area contributed by atoms with Gasteiger partial charge < -0.3 is 15.0 Å². The second kappa shape index (κ2) is 12.3. The molecule has 8 heteroatoms. The molecule has 1 aliphatic heterocycles. The smallest absolute Gasteiger partial charge is 0.193 e. The molecule has 1 fully saturated rings. The van der Waals surface area contributed by atoms with E-state index in [0.29, 0.717) is 12.0 Å². The lowest BCUT2D eigenvalue weighted by Gasteiger charge is -2.39. The molecule has 2 atom stereocenters. The first-order valence-corrected chi connectivity index (χ1v) is 10.8. The maximum absolute atomic E-state index is 5.34. The molecule has 1 N–H and O–H groups in total. The van der Waals surface area contributed by atoms with Crippen LogP contribution in [0.4, 0.5) is 0 Å². The number of piperidine rings is 1. The molecule has 0 aliphatic carbocycles. The minimum atomic E-state index is 0. The van der Waals surface area contributed by atoms with Gasteiger partial charge in [0.05, 0.1) is 13.3 Å². The summed E-state index contributed by atoms with van der Waals surface area (Å²) < 4.78 is 7.18. The molecule has 31 heavy (non-hydrogen) atoms. The lowest BCUT2D eigenvalue weighted by molar-refractivity contribution is 0.125. The van der Waals surface area contributed by atoms with E-state index < -0.39 is 0 Å². The Bertz CT molecular complexity index is 822. The van der Waals surface area contributed by atoms with Crippen LogP contribution in [0, 0.1) is 5.92 Å². The van der Waals surface area contributed by atoms with E-state index in [1.165, 1.54) is 24.0 Å². The van der Waals surface area contributed by atoms with Gasteiger partial charge in [0, 0.05) is 51.5 Å². The molecule has 0 saturated carbocycles. The monoisotopic (exact) mass is 540 g/mol. The highest BCUT2D eigenvalue weighted by atomic mass is 127. The Balaban J connectivity index is 0.00000341. The summed E-state index contributed by atoms with van der Waals surface area (Å²) in [7, 11) is 7.97. The fraction of sp³-hybridized carbons (Fsp3) is 0.565. The summed E-state index contributed by atoms with van der Waals surface area (Å²) in [6.07, 6.45) is 6.37. The first-order chi connectivity index (χ1) is 14.5. The molecule has 2 heterocycles. The van der Waals surface area contributed by atoms with Gasteiger partial charge in [-0.05, 0) is 57.0 Å². The van der Waals surface area contributed by atoms with E-state index in [-0.39, 0.29) is 24.0 Å². The van der Waals surface area contributed by atoms with Crippen LogP contribution < -0.4 is 10.1 Å². The van der Waals surface area contributed by atoms with E-state index in [9.17, 15) is 0 Å². The summed E-state index contributed by atoms with van der Waals surface area (Å²) in [4.78, 5) is 9.68. The fourth-order valence-corrected chi connectivity index (χ4v) is 4.35. The van der Waals surface area contributed by atoms with Gasteiger partial charge in [-0.25, -0.2) is 0 Å². The van der Waals surface area contributed by atoms with Crippen LogP contribution >= 0.6 is 24.0 Å². The average molecular weight is 540 g/mol. The molecule has 1 saturated heterocycles. The van der Waals surface area contributed by atoms with Crippen molar-refractivity contribution in [2.45, 2.75) is 32.4 Å². The summed E-state index contributed by atoms with van der Waals surface area (Å²) in [6, 6.07) is 8.89. The highest BCUT2D eigenvalue weighted by Gasteiger charge is 2.30. The van der Waals surface area contributed by atoms with Crippen LogP contribution in [-0.2, 0) is 13.6 Å². The van der Waals surface area contributed by atoms with Crippen molar-refractivity contribution in [1.82, 2.24) is 24.9 Å². The molecule has 172 valence electrons. The van der Waals surface area contributed by atoms with E-state index in [2.05, 4.69) is 71.7 Å². The molecular formula is C23H37IN6O. The van der Waals surface area contributed by atoms with Gasteiger partial charge in [0.1, 0.15) is 5.75 Å². The maximum Gasteiger partial charge on any atom is 0.193 e. The number of nitrogens with zero attached hydrogens (tertiary/aromatic N) is 5. The van der Waals surface area contributed by atoms with E-state index >= 15 is 0 Å². The van der Waals surface area contributed by atoms with Crippen molar-refractivity contribution in [3.63, 3.8) is 0 Å². The summed E-state index contributed by atoms with van der Waals surface area (Å²) in [5.41, 5.74) is 2.52. The van der Waals surface area contributed by atoms with Gasteiger partial charge in [-0.1, -0.05) is 12.1 Å². The van der Waals surface area contributed by atoms with Crippen molar-refractivity contribution < 1.29 is 4.74 Å².